The molecule has 4 heterocycles. The number of carbonyl (C=O) groups excluding carboxylic acids is 1. The third-order valence-electron chi connectivity index (χ3n) is 6.44. The largest absolute Gasteiger partial charge is 0.460 e. The van der Waals surface area contributed by atoms with E-state index >= 15 is 0 Å². The molecule has 2 bridgehead atoms. The van der Waals surface area contributed by atoms with Crippen molar-refractivity contribution < 1.29 is 14.6 Å². The highest BCUT2D eigenvalue weighted by Gasteiger charge is 2.49. The summed E-state index contributed by atoms with van der Waals surface area (Å²) in [5.41, 5.74) is -1.50. The number of fused-ring (bicyclic) bond motifs is 2. The van der Waals surface area contributed by atoms with Crippen LogP contribution in [0.2, 0.25) is 0 Å². The van der Waals surface area contributed by atoms with Gasteiger partial charge in [0, 0.05) is 18.5 Å². The Kier molecular flexibility index (Phi) is 6.28. The number of esters is 1. The highest BCUT2D eigenvalue weighted by molar-refractivity contribution is 7.12. The van der Waals surface area contributed by atoms with Gasteiger partial charge < -0.3 is 9.84 Å². The minimum absolute atomic E-state index is 0. The summed E-state index contributed by atoms with van der Waals surface area (Å²) in [6.07, 6.45) is 3.88. The molecule has 0 saturated carbocycles. The predicted molar refractivity (Wildman–Crippen MR) is 116 cm³/mol. The number of hydrogen-bond acceptors (Lipinski definition) is 6. The van der Waals surface area contributed by atoms with E-state index in [9.17, 15) is 9.90 Å². The zero-order chi connectivity index (χ0) is 19.2. The Morgan fingerprint density at radius 2 is 1.82 bits per heavy atom. The molecule has 3 atom stereocenters. The van der Waals surface area contributed by atoms with E-state index in [4.69, 9.17) is 4.74 Å². The standard InChI is InChI=1S/C21H27NO3S2.ClH/c1-20(2)9-8-14-12-15(13-16(20)22(14)3)25-19(23)21(24,17-6-4-10-26-17)18-7-5-11-27-18;/h4-7,10-11,14-16,24H,8-9,12-13H2,1-3H3;1H/t14-,15-,16-;/m1./s1. The molecular weight excluding hydrogens is 414 g/mol. The fourth-order valence-corrected chi connectivity index (χ4v) is 6.47. The molecule has 2 aliphatic heterocycles. The second-order valence-corrected chi connectivity index (χ2v) is 10.4. The fraction of sp³-hybridized carbons (Fsp3) is 0.571. The van der Waals surface area contributed by atoms with Gasteiger partial charge in [0.05, 0.1) is 9.75 Å². The van der Waals surface area contributed by atoms with E-state index in [1.54, 1.807) is 12.1 Å². The summed E-state index contributed by atoms with van der Waals surface area (Å²) >= 11 is 2.77. The molecule has 2 aromatic rings. The molecule has 2 saturated heterocycles. The van der Waals surface area contributed by atoms with Crippen molar-refractivity contribution in [1.82, 2.24) is 4.90 Å². The molecule has 2 aromatic heterocycles. The van der Waals surface area contributed by atoms with Crippen LogP contribution in [0.1, 0.15) is 49.3 Å². The average molecular weight is 442 g/mol. The van der Waals surface area contributed by atoms with Crippen LogP contribution in [0.4, 0.5) is 0 Å². The number of nitrogens with zero attached hydrogens (tertiary/aromatic N) is 1. The van der Waals surface area contributed by atoms with E-state index in [-0.39, 0.29) is 23.9 Å². The lowest BCUT2D eigenvalue weighted by atomic mass is 9.68. The second kappa shape index (κ2) is 8.07. The van der Waals surface area contributed by atoms with Gasteiger partial charge in [-0.1, -0.05) is 26.0 Å². The first kappa shape index (κ1) is 21.8. The number of halogens is 1. The van der Waals surface area contributed by atoms with Crippen molar-refractivity contribution in [2.75, 3.05) is 7.05 Å². The average Bonchev–Trinajstić information content (AvgIpc) is 3.33. The highest BCUT2D eigenvalue weighted by atomic mass is 35.5. The molecular formula is C21H28ClNO3S2. The summed E-state index contributed by atoms with van der Waals surface area (Å²) in [5, 5.41) is 15.2. The Morgan fingerprint density at radius 3 is 2.36 bits per heavy atom. The SMILES string of the molecule is CN1[C@@H]2CCC(C)(C)[C@H]1C[C@H](OC(=O)C(O)(c1cccs1)c1cccs1)C2.Cl. The van der Waals surface area contributed by atoms with E-state index in [0.29, 0.717) is 21.8 Å². The maximum atomic E-state index is 13.2. The molecule has 0 spiro atoms. The quantitative estimate of drug-likeness (QED) is 0.701. The predicted octanol–water partition coefficient (Wildman–Crippen LogP) is 4.66. The first-order valence-corrected chi connectivity index (χ1v) is 11.3. The summed E-state index contributed by atoms with van der Waals surface area (Å²) in [4.78, 5) is 16.9. The number of rotatable bonds is 4. The Morgan fingerprint density at radius 1 is 1.21 bits per heavy atom. The van der Waals surface area contributed by atoms with Crippen LogP contribution in [0.15, 0.2) is 35.0 Å². The topological polar surface area (TPSA) is 49.8 Å². The van der Waals surface area contributed by atoms with Crippen molar-refractivity contribution in [3.63, 3.8) is 0 Å². The second-order valence-electron chi connectivity index (χ2n) is 8.53. The molecule has 7 heteroatoms. The molecule has 0 aliphatic carbocycles. The molecule has 4 rings (SSSR count). The Hall–Kier alpha value is -0.920. The Labute approximate surface area is 180 Å². The van der Waals surface area contributed by atoms with Gasteiger partial charge in [-0.2, -0.15) is 0 Å². The molecule has 0 unspecified atom stereocenters. The van der Waals surface area contributed by atoms with Crippen LogP contribution in [0.5, 0.6) is 0 Å². The van der Waals surface area contributed by atoms with Crippen LogP contribution < -0.4 is 0 Å². The molecule has 0 amide bonds. The summed E-state index contributed by atoms with van der Waals surface area (Å²) in [5.74, 6) is -0.544. The first-order chi connectivity index (χ1) is 12.8. The van der Waals surface area contributed by atoms with Crippen molar-refractivity contribution in [2.45, 2.75) is 63.3 Å². The van der Waals surface area contributed by atoms with E-state index in [0.717, 1.165) is 19.3 Å². The van der Waals surface area contributed by atoms with Crippen molar-refractivity contribution in [3.05, 3.63) is 44.8 Å². The van der Waals surface area contributed by atoms with Gasteiger partial charge in [0.2, 0.25) is 5.60 Å². The van der Waals surface area contributed by atoms with Gasteiger partial charge in [0.1, 0.15) is 6.10 Å². The Balaban J connectivity index is 0.00000225. The lowest BCUT2D eigenvalue weighted by Crippen LogP contribution is -2.59. The van der Waals surface area contributed by atoms with Gasteiger partial charge in [0.25, 0.3) is 0 Å². The molecule has 2 fully saturated rings. The number of carbonyl (C=O) groups is 1. The summed E-state index contributed by atoms with van der Waals surface area (Å²) in [7, 11) is 2.20. The van der Waals surface area contributed by atoms with Crippen LogP contribution in [-0.2, 0) is 15.1 Å². The van der Waals surface area contributed by atoms with Crippen LogP contribution in [-0.4, -0.2) is 41.2 Å². The van der Waals surface area contributed by atoms with E-state index in [1.807, 2.05) is 22.9 Å². The number of aliphatic hydroxyl groups is 1. The first-order valence-electron chi connectivity index (χ1n) is 9.55. The Bertz CT molecular complexity index is 756. The third-order valence-corrected chi connectivity index (χ3v) is 8.39. The maximum Gasteiger partial charge on any atom is 0.349 e. The van der Waals surface area contributed by atoms with Gasteiger partial charge in [-0.15, -0.1) is 35.1 Å². The molecule has 1 N–H and O–H groups in total. The minimum Gasteiger partial charge on any atom is -0.460 e. The molecule has 154 valence electrons. The van der Waals surface area contributed by atoms with Gasteiger partial charge in [0.15, 0.2) is 0 Å². The van der Waals surface area contributed by atoms with Gasteiger partial charge in [-0.25, -0.2) is 4.79 Å². The van der Waals surface area contributed by atoms with E-state index in [2.05, 4.69) is 25.8 Å². The van der Waals surface area contributed by atoms with Crippen molar-refractivity contribution >= 4 is 41.0 Å². The number of ether oxygens (including phenoxy) is 1. The number of thiophene rings is 2. The van der Waals surface area contributed by atoms with Crippen LogP contribution in [0.3, 0.4) is 0 Å². The summed E-state index contributed by atoms with van der Waals surface area (Å²) in [6.45, 7) is 4.62. The summed E-state index contributed by atoms with van der Waals surface area (Å²) < 4.78 is 5.98. The van der Waals surface area contributed by atoms with Crippen molar-refractivity contribution in [2.24, 2.45) is 5.41 Å². The fourth-order valence-electron chi connectivity index (χ4n) is 4.76. The van der Waals surface area contributed by atoms with E-state index in [1.165, 1.54) is 29.1 Å². The number of piperidine rings is 2. The van der Waals surface area contributed by atoms with Crippen LogP contribution in [0, 0.1) is 5.41 Å². The van der Waals surface area contributed by atoms with Crippen molar-refractivity contribution in [3.8, 4) is 0 Å². The third kappa shape index (κ3) is 3.65. The van der Waals surface area contributed by atoms with Crippen molar-refractivity contribution in [1.29, 1.82) is 0 Å². The van der Waals surface area contributed by atoms with Gasteiger partial charge in [-0.05, 0) is 54.6 Å². The van der Waals surface area contributed by atoms with Crippen LogP contribution >= 0.6 is 35.1 Å². The molecule has 28 heavy (non-hydrogen) atoms. The normalized spacial score (nSPS) is 27.1. The lowest BCUT2D eigenvalue weighted by Gasteiger charge is -2.54. The monoisotopic (exact) mass is 441 g/mol. The minimum atomic E-state index is -1.71. The zero-order valence-corrected chi connectivity index (χ0v) is 18.9. The lowest BCUT2D eigenvalue weighted by molar-refractivity contribution is -0.175. The number of hydrogen-bond donors (Lipinski definition) is 1. The molecule has 0 radical (unpaired) electrons. The molecule has 4 nitrogen and oxygen atoms in total. The highest BCUT2D eigenvalue weighted by Crippen LogP contribution is 2.45. The molecule has 0 aromatic carbocycles. The zero-order valence-electron chi connectivity index (χ0n) is 16.5. The van der Waals surface area contributed by atoms with Gasteiger partial charge in [-0.3, -0.25) is 4.90 Å². The molecule has 2 aliphatic rings. The van der Waals surface area contributed by atoms with E-state index < -0.39 is 11.6 Å². The van der Waals surface area contributed by atoms with Gasteiger partial charge >= 0.3 is 5.97 Å². The maximum absolute atomic E-state index is 13.2. The smallest absolute Gasteiger partial charge is 0.349 e. The summed E-state index contributed by atoms with van der Waals surface area (Å²) in [6, 6.07) is 8.17. The van der Waals surface area contributed by atoms with Crippen LogP contribution in [0.25, 0.3) is 0 Å².